The molecule has 2 heterocycles. The number of H-pyrrole nitrogens is 1. The van der Waals surface area contributed by atoms with E-state index in [1.807, 2.05) is 25.7 Å². The van der Waals surface area contributed by atoms with Crippen molar-refractivity contribution in [2.24, 2.45) is 10.8 Å². The lowest BCUT2D eigenvalue weighted by Gasteiger charge is -2.45. The number of amides is 1. The van der Waals surface area contributed by atoms with Crippen LogP contribution in [0, 0.1) is 22.1 Å². The molecule has 2 aromatic rings. The standard InChI is InChI=1S/C17H18FN3O.C14H26N2O3/c1-17(2,3)14(16-20-9-13(10-22)21-16)8-15(19)11-4-6-12(18)7-5-11;1-13(2,12(18)19-6)9-11(17)16-8-7-15(5)14(3,4)10-16/h4-10,19H,1-3H3,(H,20,21);7-10H2,1-6H3/b14-8+,19-15?;. The highest BCUT2D eigenvalue weighted by molar-refractivity contribution is 6.10. The van der Waals surface area contributed by atoms with Crippen molar-refractivity contribution in [3.05, 3.63) is 59.4 Å². The highest BCUT2D eigenvalue weighted by Crippen LogP contribution is 2.33. The number of carbonyl (C=O) groups is 3. The van der Waals surface area contributed by atoms with Gasteiger partial charge in [-0.05, 0) is 76.1 Å². The van der Waals surface area contributed by atoms with Gasteiger partial charge in [-0.15, -0.1) is 0 Å². The molecule has 0 saturated carbocycles. The summed E-state index contributed by atoms with van der Waals surface area (Å²) in [6, 6.07) is 5.78. The molecule has 1 fully saturated rings. The number of allylic oxidation sites excluding steroid dienone is 2. The molecule has 9 nitrogen and oxygen atoms in total. The number of esters is 1. The fraction of sp³-hybridized carbons (Fsp3) is 0.516. The third-order valence-corrected chi connectivity index (χ3v) is 7.23. The van der Waals surface area contributed by atoms with Crippen LogP contribution in [0.15, 0.2) is 36.5 Å². The zero-order chi connectivity index (χ0) is 31.2. The maximum Gasteiger partial charge on any atom is 0.311 e. The number of aromatic amines is 1. The Labute approximate surface area is 242 Å². The summed E-state index contributed by atoms with van der Waals surface area (Å²) in [6.45, 7) is 16.0. The average Bonchev–Trinajstić information content (AvgIpc) is 3.36. The van der Waals surface area contributed by atoms with E-state index in [-0.39, 0.29) is 40.8 Å². The van der Waals surface area contributed by atoms with Crippen LogP contribution in [-0.4, -0.2) is 83.0 Å². The molecule has 224 valence electrons. The molecular formula is C31H44FN5O4. The van der Waals surface area contributed by atoms with Gasteiger partial charge in [0.05, 0.1) is 30.1 Å². The van der Waals surface area contributed by atoms with Crippen molar-refractivity contribution in [3.63, 3.8) is 0 Å². The van der Waals surface area contributed by atoms with Crippen molar-refractivity contribution in [3.8, 4) is 0 Å². The van der Waals surface area contributed by atoms with Crippen LogP contribution >= 0.6 is 0 Å². The number of methoxy groups -OCH3 is 1. The summed E-state index contributed by atoms with van der Waals surface area (Å²) in [7, 11) is 3.42. The summed E-state index contributed by atoms with van der Waals surface area (Å²) in [6.07, 6.45) is 4.05. The quantitative estimate of drug-likeness (QED) is 0.276. The van der Waals surface area contributed by atoms with Gasteiger partial charge in [-0.2, -0.15) is 0 Å². The van der Waals surface area contributed by atoms with E-state index < -0.39 is 5.41 Å². The van der Waals surface area contributed by atoms with Gasteiger partial charge in [0, 0.05) is 37.2 Å². The van der Waals surface area contributed by atoms with Crippen LogP contribution in [0.25, 0.3) is 5.57 Å². The van der Waals surface area contributed by atoms with Gasteiger partial charge in [-0.1, -0.05) is 20.8 Å². The SMILES string of the molecule is CC(C)(C)/C(=C/C(=N)c1ccc(F)cc1)c1ncc(C=O)[nH]1.COC(=O)C(C)(C)CC(=O)N1CCN(C)C(C)(C)C1. The lowest BCUT2D eigenvalue weighted by Crippen LogP contribution is -2.59. The number of rotatable bonds is 7. The van der Waals surface area contributed by atoms with E-state index >= 15 is 0 Å². The number of nitrogens with zero attached hydrogens (tertiary/aromatic N) is 3. The maximum absolute atomic E-state index is 13.0. The van der Waals surface area contributed by atoms with E-state index in [1.165, 1.54) is 25.4 Å². The van der Waals surface area contributed by atoms with Gasteiger partial charge in [0.2, 0.25) is 5.91 Å². The Morgan fingerprint density at radius 3 is 2.24 bits per heavy atom. The normalized spacial score (nSPS) is 16.0. The van der Waals surface area contributed by atoms with Gasteiger partial charge in [-0.3, -0.25) is 19.3 Å². The molecule has 0 radical (unpaired) electrons. The molecule has 1 amide bonds. The van der Waals surface area contributed by atoms with Crippen molar-refractivity contribution in [1.82, 2.24) is 19.8 Å². The second kappa shape index (κ2) is 13.3. The average molecular weight is 570 g/mol. The number of piperazine rings is 1. The predicted octanol–water partition coefficient (Wildman–Crippen LogP) is 4.99. The molecular weight excluding hydrogens is 525 g/mol. The Hall–Kier alpha value is -3.66. The van der Waals surface area contributed by atoms with E-state index in [9.17, 15) is 18.8 Å². The maximum atomic E-state index is 13.0. The Bertz CT molecular complexity index is 1270. The molecule has 1 aliphatic heterocycles. The van der Waals surface area contributed by atoms with E-state index in [1.54, 1.807) is 32.1 Å². The van der Waals surface area contributed by atoms with Crippen LogP contribution in [0.3, 0.4) is 0 Å². The first kappa shape index (κ1) is 33.5. The molecule has 10 heteroatoms. The summed E-state index contributed by atoms with van der Waals surface area (Å²) in [5, 5.41) is 8.20. The van der Waals surface area contributed by atoms with Crippen molar-refractivity contribution in [2.45, 2.75) is 60.4 Å². The first-order chi connectivity index (χ1) is 18.9. The van der Waals surface area contributed by atoms with E-state index in [0.717, 1.165) is 18.7 Å². The number of hydrogen-bond donors (Lipinski definition) is 2. The van der Waals surface area contributed by atoms with Crippen LogP contribution < -0.4 is 0 Å². The molecule has 2 N–H and O–H groups in total. The third kappa shape index (κ3) is 9.18. The minimum atomic E-state index is -0.765. The van der Waals surface area contributed by atoms with Crippen molar-refractivity contribution < 1.29 is 23.5 Å². The number of imidazole rings is 1. The molecule has 0 aliphatic carbocycles. The molecule has 1 aliphatic rings. The van der Waals surface area contributed by atoms with E-state index in [0.29, 0.717) is 29.9 Å². The molecule has 1 aromatic carbocycles. The monoisotopic (exact) mass is 569 g/mol. The first-order valence-electron chi connectivity index (χ1n) is 13.6. The largest absolute Gasteiger partial charge is 0.469 e. The molecule has 0 atom stereocenters. The van der Waals surface area contributed by atoms with Crippen LogP contribution in [-0.2, 0) is 14.3 Å². The van der Waals surface area contributed by atoms with Gasteiger partial charge < -0.3 is 20.0 Å². The molecule has 1 aromatic heterocycles. The summed E-state index contributed by atoms with van der Waals surface area (Å²) < 4.78 is 17.7. The van der Waals surface area contributed by atoms with Gasteiger partial charge in [0.1, 0.15) is 11.6 Å². The van der Waals surface area contributed by atoms with Crippen LogP contribution in [0.5, 0.6) is 0 Å². The molecule has 0 bridgehead atoms. The Morgan fingerprint density at radius 1 is 1.15 bits per heavy atom. The fourth-order valence-electron chi connectivity index (χ4n) is 4.32. The highest BCUT2D eigenvalue weighted by atomic mass is 19.1. The zero-order valence-electron chi connectivity index (χ0n) is 25.7. The van der Waals surface area contributed by atoms with Crippen molar-refractivity contribution in [2.75, 3.05) is 33.8 Å². The highest BCUT2D eigenvalue weighted by Gasteiger charge is 2.37. The Kier molecular flexibility index (Phi) is 10.9. The second-order valence-electron chi connectivity index (χ2n) is 12.6. The number of nitrogens with one attached hydrogen (secondary N) is 2. The number of likely N-dealkylation sites (N-methyl/N-ethyl adjacent to an activating group) is 1. The Balaban J connectivity index is 0.000000290. The first-order valence-corrected chi connectivity index (χ1v) is 13.6. The number of benzene rings is 1. The third-order valence-electron chi connectivity index (χ3n) is 7.23. The number of hydrogen-bond acceptors (Lipinski definition) is 7. The van der Waals surface area contributed by atoms with E-state index in [2.05, 4.69) is 35.8 Å². The smallest absolute Gasteiger partial charge is 0.311 e. The lowest BCUT2D eigenvalue weighted by atomic mass is 9.84. The summed E-state index contributed by atoms with van der Waals surface area (Å²) in [5.41, 5.74) is 1.00. The summed E-state index contributed by atoms with van der Waals surface area (Å²) >= 11 is 0. The molecule has 41 heavy (non-hydrogen) atoms. The molecule has 0 spiro atoms. The minimum absolute atomic E-state index is 0.0245. The van der Waals surface area contributed by atoms with Gasteiger partial charge in [0.15, 0.2) is 6.29 Å². The topological polar surface area (TPSA) is 119 Å². The van der Waals surface area contributed by atoms with Crippen molar-refractivity contribution >= 4 is 29.4 Å². The minimum Gasteiger partial charge on any atom is -0.469 e. The number of aldehydes is 1. The van der Waals surface area contributed by atoms with Crippen LogP contribution in [0.2, 0.25) is 0 Å². The molecule has 0 unspecified atom stereocenters. The fourth-order valence-corrected chi connectivity index (χ4v) is 4.32. The lowest BCUT2D eigenvalue weighted by molar-refractivity contribution is -0.155. The van der Waals surface area contributed by atoms with Gasteiger partial charge >= 0.3 is 5.97 Å². The molecule has 1 saturated heterocycles. The van der Waals surface area contributed by atoms with Gasteiger partial charge in [-0.25, -0.2) is 9.37 Å². The number of carbonyl (C=O) groups excluding carboxylic acids is 3. The number of halogens is 1. The number of aromatic nitrogens is 2. The summed E-state index contributed by atoms with van der Waals surface area (Å²) in [5.74, 6) is -0.0921. The predicted molar refractivity (Wildman–Crippen MR) is 158 cm³/mol. The van der Waals surface area contributed by atoms with Crippen LogP contribution in [0.1, 0.15) is 76.8 Å². The zero-order valence-corrected chi connectivity index (χ0v) is 25.7. The number of ether oxygens (including phenoxy) is 1. The second-order valence-corrected chi connectivity index (χ2v) is 12.6. The summed E-state index contributed by atoms with van der Waals surface area (Å²) in [4.78, 5) is 46.0. The molecule has 3 rings (SSSR count). The van der Waals surface area contributed by atoms with E-state index in [4.69, 9.17) is 10.1 Å². The van der Waals surface area contributed by atoms with Crippen LogP contribution in [0.4, 0.5) is 4.39 Å². The van der Waals surface area contributed by atoms with Gasteiger partial charge in [0.25, 0.3) is 0 Å². The Morgan fingerprint density at radius 2 is 1.76 bits per heavy atom. The van der Waals surface area contributed by atoms with Crippen molar-refractivity contribution in [1.29, 1.82) is 5.41 Å².